The molecule has 1 nitrogen and oxygen atoms in total. The quantitative estimate of drug-likeness (QED) is 0.830. The highest BCUT2D eigenvalue weighted by Gasteiger charge is 2.32. The molecule has 0 fully saturated rings. The van der Waals surface area contributed by atoms with Gasteiger partial charge in [0.2, 0.25) is 0 Å². The molecule has 0 saturated carbocycles. The summed E-state index contributed by atoms with van der Waals surface area (Å²) in [5.41, 5.74) is 1.83. The van der Waals surface area contributed by atoms with Crippen molar-refractivity contribution in [2.75, 3.05) is 6.54 Å². The van der Waals surface area contributed by atoms with Crippen LogP contribution in [-0.4, -0.2) is 12.7 Å². The fourth-order valence-corrected chi connectivity index (χ4v) is 1.77. The van der Waals surface area contributed by atoms with E-state index in [-0.39, 0.29) is 0 Å². The SMILES string of the molecule is CCNC(CC(F)(F)F)c1ccc(CC)cc1. The van der Waals surface area contributed by atoms with Gasteiger partial charge < -0.3 is 5.32 Å². The van der Waals surface area contributed by atoms with Gasteiger partial charge >= 0.3 is 6.18 Å². The highest BCUT2D eigenvalue weighted by atomic mass is 19.4. The van der Waals surface area contributed by atoms with E-state index < -0.39 is 18.6 Å². The molecule has 96 valence electrons. The van der Waals surface area contributed by atoms with Gasteiger partial charge in [-0.05, 0) is 24.1 Å². The van der Waals surface area contributed by atoms with Crippen molar-refractivity contribution in [3.63, 3.8) is 0 Å². The molecule has 1 aromatic rings. The Bertz CT molecular complexity index is 330. The molecule has 0 radical (unpaired) electrons. The first-order valence-electron chi connectivity index (χ1n) is 5.85. The summed E-state index contributed by atoms with van der Waals surface area (Å²) in [4.78, 5) is 0. The summed E-state index contributed by atoms with van der Waals surface area (Å²) in [5, 5.41) is 2.87. The molecule has 1 atom stereocenters. The monoisotopic (exact) mass is 245 g/mol. The third-order valence-corrected chi connectivity index (χ3v) is 2.68. The summed E-state index contributed by atoms with van der Waals surface area (Å²) in [6, 6.07) is 6.67. The Morgan fingerprint density at radius 3 is 2.12 bits per heavy atom. The zero-order chi connectivity index (χ0) is 12.9. The van der Waals surface area contributed by atoms with Gasteiger partial charge in [0.05, 0.1) is 6.42 Å². The van der Waals surface area contributed by atoms with E-state index in [2.05, 4.69) is 5.32 Å². The normalized spacial score (nSPS) is 13.7. The predicted molar refractivity (Wildman–Crippen MR) is 62.9 cm³/mol. The van der Waals surface area contributed by atoms with Gasteiger partial charge in [0, 0.05) is 6.04 Å². The number of nitrogens with one attached hydrogen (secondary N) is 1. The summed E-state index contributed by atoms with van der Waals surface area (Å²) in [5.74, 6) is 0. The average Bonchev–Trinajstić information content (AvgIpc) is 2.27. The van der Waals surface area contributed by atoms with Gasteiger partial charge in [0.25, 0.3) is 0 Å². The van der Waals surface area contributed by atoms with Crippen molar-refractivity contribution < 1.29 is 13.2 Å². The second kappa shape index (κ2) is 6.05. The lowest BCUT2D eigenvalue weighted by Gasteiger charge is -2.20. The van der Waals surface area contributed by atoms with Crippen LogP contribution in [0.15, 0.2) is 24.3 Å². The van der Waals surface area contributed by atoms with Crippen LogP contribution in [0.25, 0.3) is 0 Å². The smallest absolute Gasteiger partial charge is 0.310 e. The summed E-state index contributed by atoms with van der Waals surface area (Å²) in [7, 11) is 0. The fourth-order valence-electron chi connectivity index (χ4n) is 1.77. The van der Waals surface area contributed by atoms with Crippen LogP contribution in [0.1, 0.15) is 37.4 Å². The van der Waals surface area contributed by atoms with Crippen molar-refractivity contribution in [2.24, 2.45) is 0 Å². The van der Waals surface area contributed by atoms with E-state index in [1.165, 1.54) is 0 Å². The molecular formula is C13H18F3N. The Kier molecular flexibility index (Phi) is 5.00. The largest absolute Gasteiger partial charge is 0.390 e. The number of hydrogen-bond acceptors (Lipinski definition) is 1. The predicted octanol–water partition coefficient (Wildman–Crippen LogP) is 3.85. The van der Waals surface area contributed by atoms with Crippen molar-refractivity contribution in [2.45, 2.75) is 38.9 Å². The second-order valence-electron chi connectivity index (χ2n) is 4.02. The summed E-state index contributed by atoms with van der Waals surface area (Å²) < 4.78 is 37.3. The van der Waals surface area contributed by atoms with E-state index in [9.17, 15) is 13.2 Å². The van der Waals surface area contributed by atoms with Crippen LogP contribution in [0.4, 0.5) is 13.2 Å². The van der Waals surface area contributed by atoms with Gasteiger partial charge in [-0.25, -0.2) is 0 Å². The highest BCUT2D eigenvalue weighted by Crippen LogP contribution is 2.29. The maximum absolute atomic E-state index is 12.4. The van der Waals surface area contributed by atoms with Crippen LogP contribution >= 0.6 is 0 Å². The number of aryl methyl sites for hydroxylation is 1. The molecule has 0 spiro atoms. The van der Waals surface area contributed by atoms with Crippen LogP contribution in [0.3, 0.4) is 0 Å². The molecule has 0 aliphatic rings. The molecule has 0 amide bonds. The molecule has 1 N–H and O–H groups in total. The molecule has 0 heterocycles. The van der Waals surface area contributed by atoms with E-state index in [0.717, 1.165) is 12.0 Å². The molecule has 1 rings (SSSR count). The first kappa shape index (κ1) is 14.0. The van der Waals surface area contributed by atoms with Crippen molar-refractivity contribution >= 4 is 0 Å². The van der Waals surface area contributed by atoms with Gasteiger partial charge in [0.15, 0.2) is 0 Å². The lowest BCUT2D eigenvalue weighted by Crippen LogP contribution is -2.26. The third kappa shape index (κ3) is 4.77. The van der Waals surface area contributed by atoms with Crippen molar-refractivity contribution in [3.8, 4) is 0 Å². The first-order chi connectivity index (χ1) is 7.96. The van der Waals surface area contributed by atoms with Gasteiger partial charge in [-0.15, -0.1) is 0 Å². The minimum absolute atomic E-state index is 0.524. The van der Waals surface area contributed by atoms with Gasteiger partial charge in [-0.1, -0.05) is 38.1 Å². The molecule has 1 aromatic carbocycles. The number of alkyl halides is 3. The zero-order valence-corrected chi connectivity index (χ0v) is 10.1. The fraction of sp³-hybridized carbons (Fsp3) is 0.538. The molecule has 0 bridgehead atoms. The Balaban J connectivity index is 2.81. The molecule has 17 heavy (non-hydrogen) atoms. The van der Waals surface area contributed by atoms with E-state index in [1.807, 2.05) is 26.0 Å². The highest BCUT2D eigenvalue weighted by molar-refractivity contribution is 5.25. The van der Waals surface area contributed by atoms with Gasteiger partial charge in [-0.3, -0.25) is 0 Å². The molecule has 1 unspecified atom stereocenters. The average molecular weight is 245 g/mol. The molecule has 4 heteroatoms. The summed E-state index contributed by atoms with van der Waals surface area (Å²) in [6.45, 7) is 4.35. The minimum atomic E-state index is -4.14. The Labute approximate surface area is 100 Å². The van der Waals surface area contributed by atoms with Crippen molar-refractivity contribution in [3.05, 3.63) is 35.4 Å². The topological polar surface area (TPSA) is 12.0 Å². The summed E-state index contributed by atoms with van der Waals surface area (Å²) in [6.07, 6.45) is -4.08. The van der Waals surface area contributed by atoms with Gasteiger partial charge in [0.1, 0.15) is 0 Å². The number of halogens is 3. The minimum Gasteiger partial charge on any atom is -0.310 e. The lowest BCUT2D eigenvalue weighted by molar-refractivity contribution is -0.140. The third-order valence-electron chi connectivity index (χ3n) is 2.68. The van der Waals surface area contributed by atoms with Crippen LogP contribution in [0.2, 0.25) is 0 Å². The molecular weight excluding hydrogens is 227 g/mol. The van der Waals surface area contributed by atoms with E-state index in [1.54, 1.807) is 12.1 Å². The van der Waals surface area contributed by atoms with Crippen LogP contribution < -0.4 is 5.32 Å². The number of rotatable bonds is 5. The van der Waals surface area contributed by atoms with E-state index in [4.69, 9.17) is 0 Å². The van der Waals surface area contributed by atoms with Gasteiger partial charge in [-0.2, -0.15) is 13.2 Å². The lowest BCUT2D eigenvalue weighted by atomic mass is 10.0. The molecule has 0 saturated heterocycles. The molecule has 0 aromatic heterocycles. The van der Waals surface area contributed by atoms with Crippen molar-refractivity contribution in [1.82, 2.24) is 5.32 Å². The maximum atomic E-state index is 12.4. The van der Waals surface area contributed by atoms with Crippen LogP contribution in [0, 0.1) is 0 Å². The van der Waals surface area contributed by atoms with Crippen LogP contribution in [-0.2, 0) is 6.42 Å². The molecule has 0 aliphatic carbocycles. The summed E-state index contributed by atoms with van der Waals surface area (Å²) >= 11 is 0. The van der Waals surface area contributed by atoms with Crippen molar-refractivity contribution in [1.29, 1.82) is 0 Å². The zero-order valence-electron chi connectivity index (χ0n) is 10.1. The Morgan fingerprint density at radius 1 is 1.12 bits per heavy atom. The Morgan fingerprint density at radius 2 is 1.71 bits per heavy atom. The van der Waals surface area contributed by atoms with E-state index in [0.29, 0.717) is 12.1 Å². The second-order valence-corrected chi connectivity index (χ2v) is 4.02. The van der Waals surface area contributed by atoms with Crippen LogP contribution in [0.5, 0.6) is 0 Å². The molecule has 0 aliphatic heterocycles. The standard InChI is InChI=1S/C13H18F3N/c1-3-10-5-7-11(8-6-10)12(17-4-2)9-13(14,15)16/h5-8,12,17H,3-4,9H2,1-2H3. The maximum Gasteiger partial charge on any atom is 0.390 e. The number of hydrogen-bond donors (Lipinski definition) is 1. The Hall–Kier alpha value is -1.03. The van der Waals surface area contributed by atoms with E-state index >= 15 is 0 Å². The number of benzene rings is 1. The first-order valence-corrected chi connectivity index (χ1v) is 5.85.